The molecule has 1 heterocycles. The molecule has 1 aromatic heterocycles. The van der Waals surface area contributed by atoms with Crippen molar-refractivity contribution < 1.29 is 23.4 Å². The van der Waals surface area contributed by atoms with Gasteiger partial charge in [0.2, 0.25) is 0 Å². The average molecular weight is 333 g/mol. The quantitative estimate of drug-likeness (QED) is 0.819. The highest BCUT2D eigenvalue weighted by Crippen LogP contribution is 2.27. The van der Waals surface area contributed by atoms with Gasteiger partial charge in [0.15, 0.2) is 0 Å². The first-order valence-electron chi connectivity index (χ1n) is 6.93. The highest BCUT2D eigenvalue weighted by atomic mass is 32.1. The topological polar surface area (TPSA) is 43.7 Å². The van der Waals surface area contributed by atoms with Crippen LogP contribution in [0.1, 0.15) is 11.3 Å². The summed E-state index contributed by atoms with van der Waals surface area (Å²) in [5.41, 5.74) is 0. The summed E-state index contributed by atoms with van der Waals surface area (Å²) >= 11 is 1.53. The third-order valence-corrected chi connectivity index (χ3v) is 4.35. The van der Waals surface area contributed by atoms with Crippen LogP contribution in [-0.2, 0) is 6.54 Å². The number of hydrogen-bond donors (Lipinski definition) is 2. The lowest BCUT2D eigenvalue weighted by Crippen LogP contribution is -2.36. The molecule has 0 saturated carbocycles. The van der Waals surface area contributed by atoms with E-state index in [2.05, 4.69) is 0 Å². The lowest BCUT2D eigenvalue weighted by molar-refractivity contribution is -0.139. The minimum atomic E-state index is -4.23. The summed E-state index contributed by atoms with van der Waals surface area (Å²) in [7, 11) is 0. The molecule has 0 saturated heterocycles. The lowest BCUT2D eigenvalue weighted by atomic mass is 10.2. The molecule has 0 aliphatic heterocycles. The van der Waals surface area contributed by atoms with E-state index in [-0.39, 0.29) is 13.1 Å². The zero-order valence-electron chi connectivity index (χ0n) is 11.9. The summed E-state index contributed by atoms with van der Waals surface area (Å²) in [6.45, 7) is -0.322. The molecule has 22 heavy (non-hydrogen) atoms. The van der Waals surface area contributed by atoms with E-state index in [1.54, 1.807) is 0 Å². The van der Waals surface area contributed by atoms with E-state index in [0.717, 1.165) is 15.0 Å². The Bertz CT molecular complexity index is 567. The molecule has 1 aromatic carbocycles. The van der Waals surface area contributed by atoms with Crippen LogP contribution in [0.2, 0.25) is 0 Å². The Labute approximate surface area is 130 Å². The van der Waals surface area contributed by atoms with E-state index in [9.17, 15) is 18.3 Å². The predicted octanol–water partition coefficient (Wildman–Crippen LogP) is 3.01. The molecule has 1 atom stereocenters. The molecule has 122 valence electrons. The number of aliphatic hydroxyl groups excluding tert-OH is 2. The van der Waals surface area contributed by atoms with Crippen molar-refractivity contribution in [3.05, 3.63) is 35.2 Å². The number of aliphatic hydroxyl groups is 2. The SMILES string of the molecule is OC[C@@H](O)CN(CCC(F)(F)F)Cc1cc2ccccc2s1. The van der Waals surface area contributed by atoms with Gasteiger partial charge in [-0.3, -0.25) is 4.90 Å². The van der Waals surface area contributed by atoms with Crippen LogP contribution in [0.5, 0.6) is 0 Å². The van der Waals surface area contributed by atoms with Crippen LogP contribution >= 0.6 is 11.3 Å². The number of thiophene rings is 1. The molecular weight excluding hydrogens is 315 g/mol. The summed E-state index contributed by atoms with van der Waals surface area (Å²) in [4.78, 5) is 2.47. The summed E-state index contributed by atoms with van der Waals surface area (Å²) in [6, 6.07) is 9.70. The number of hydrogen-bond acceptors (Lipinski definition) is 4. The molecule has 0 spiro atoms. The Morgan fingerprint density at radius 3 is 2.59 bits per heavy atom. The fourth-order valence-electron chi connectivity index (χ4n) is 2.21. The van der Waals surface area contributed by atoms with Crippen molar-refractivity contribution in [3.63, 3.8) is 0 Å². The van der Waals surface area contributed by atoms with E-state index in [1.165, 1.54) is 16.2 Å². The van der Waals surface area contributed by atoms with Crippen LogP contribution in [0.3, 0.4) is 0 Å². The Morgan fingerprint density at radius 1 is 1.23 bits per heavy atom. The fraction of sp³-hybridized carbons (Fsp3) is 0.467. The Kier molecular flexibility index (Phi) is 5.80. The number of fused-ring (bicyclic) bond motifs is 1. The van der Waals surface area contributed by atoms with Crippen molar-refractivity contribution in [2.45, 2.75) is 25.2 Å². The molecule has 7 heteroatoms. The van der Waals surface area contributed by atoms with Gasteiger partial charge in [-0.1, -0.05) is 18.2 Å². The predicted molar refractivity (Wildman–Crippen MR) is 80.9 cm³/mol. The minimum absolute atomic E-state index is 0.0147. The molecular formula is C15H18F3NO2S. The van der Waals surface area contributed by atoms with Gasteiger partial charge in [0.1, 0.15) is 0 Å². The van der Waals surface area contributed by atoms with Gasteiger partial charge >= 0.3 is 6.18 Å². The molecule has 0 bridgehead atoms. The molecule has 2 aromatic rings. The van der Waals surface area contributed by atoms with E-state index in [0.29, 0.717) is 6.54 Å². The lowest BCUT2D eigenvalue weighted by Gasteiger charge is -2.24. The second-order valence-electron chi connectivity index (χ2n) is 5.19. The maximum Gasteiger partial charge on any atom is 0.390 e. The van der Waals surface area contributed by atoms with Crippen LogP contribution in [0, 0.1) is 0 Å². The number of alkyl halides is 3. The summed E-state index contributed by atoms with van der Waals surface area (Å²) in [5.74, 6) is 0. The monoisotopic (exact) mass is 333 g/mol. The molecule has 2 rings (SSSR count). The smallest absolute Gasteiger partial charge is 0.390 e. The molecule has 0 aliphatic rings. The summed E-state index contributed by atoms with van der Waals surface area (Å²) in [5, 5.41) is 19.5. The van der Waals surface area contributed by atoms with E-state index >= 15 is 0 Å². The zero-order chi connectivity index (χ0) is 16.2. The van der Waals surface area contributed by atoms with Crippen molar-refractivity contribution in [1.82, 2.24) is 4.90 Å². The zero-order valence-corrected chi connectivity index (χ0v) is 12.7. The van der Waals surface area contributed by atoms with Crippen molar-refractivity contribution in [2.75, 3.05) is 19.7 Å². The van der Waals surface area contributed by atoms with Crippen molar-refractivity contribution in [3.8, 4) is 0 Å². The molecule has 0 aliphatic carbocycles. The number of halogens is 3. The van der Waals surface area contributed by atoms with Gasteiger partial charge in [-0.2, -0.15) is 13.2 Å². The van der Waals surface area contributed by atoms with Gasteiger partial charge < -0.3 is 10.2 Å². The van der Waals surface area contributed by atoms with Crippen LogP contribution in [0.25, 0.3) is 10.1 Å². The Morgan fingerprint density at radius 2 is 1.95 bits per heavy atom. The van der Waals surface area contributed by atoms with Crippen molar-refractivity contribution in [1.29, 1.82) is 0 Å². The van der Waals surface area contributed by atoms with Gasteiger partial charge in [-0.25, -0.2) is 0 Å². The highest BCUT2D eigenvalue weighted by Gasteiger charge is 2.28. The third kappa shape index (κ3) is 5.24. The number of nitrogens with zero attached hydrogens (tertiary/aromatic N) is 1. The molecule has 0 radical (unpaired) electrons. The highest BCUT2D eigenvalue weighted by molar-refractivity contribution is 7.19. The summed E-state index contributed by atoms with van der Waals surface area (Å²) < 4.78 is 38.3. The van der Waals surface area contributed by atoms with Crippen molar-refractivity contribution in [2.24, 2.45) is 0 Å². The maximum atomic E-state index is 12.4. The minimum Gasteiger partial charge on any atom is -0.394 e. The number of benzene rings is 1. The normalized spacial score (nSPS) is 13.9. The van der Waals surface area contributed by atoms with Gasteiger partial charge in [-0.05, 0) is 17.5 Å². The fourth-order valence-corrected chi connectivity index (χ4v) is 3.32. The molecule has 3 nitrogen and oxygen atoms in total. The first-order chi connectivity index (χ1) is 10.4. The van der Waals surface area contributed by atoms with E-state index in [4.69, 9.17) is 5.11 Å². The van der Waals surface area contributed by atoms with Crippen LogP contribution < -0.4 is 0 Å². The van der Waals surface area contributed by atoms with Crippen molar-refractivity contribution >= 4 is 21.4 Å². The second-order valence-corrected chi connectivity index (χ2v) is 6.36. The summed E-state index contributed by atoms with van der Waals surface area (Å²) in [6.07, 6.45) is -6.21. The van der Waals surface area contributed by atoms with Gasteiger partial charge in [-0.15, -0.1) is 11.3 Å². The average Bonchev–Trinajstić information content (AvgIpc) is 2.86. The van der Waals surface area contributed by atoms with E-state index < -0.39 is 25.3 Å². The van der Waals surface area contributed by atoms with Crippen LogP contribution in [0.15, 0.2) is 30.3 Å². The largest absolute Gasteiger partial charge is 0.394 e. The second kappa shape index (κ2) is 7.41. The first kappa shape index (κ1) is 17.2. The van der Waals surface area contributed by atoms with Gasteiger partial charge in [0.05, 0.1) is 19.1 Å². The van der Waals surface area contributed by atoms with Gasteiger partial charge in [0.25, 0.3) is 0 Å². The molecule has 0 fully saturated rings. The Balaban J connectivity index is 2.06. The third-order valence-electron chi connectivity index (χ3n) is 3.25. The first-order valence-corrected chi connectivity index (χ1v) is 7.74. The van der Waals surface area contributed by atoms with Crippen LogP contribution in [0.4, 0.5) is 13.2 Å². The van der Waals surface area contributed by atoms with Gasteiger partial charge in [0, 0.05) is 29.2 Å². The Hall–Kier alpha value is -1.15. The number of rotatable bonds is 7. The molecule has 0 amide bonds. The standard InChI is InChI=1S/C15H18F3NO2S/c16-15(17,18)5-6-19(8-12(21)10-20)9-13-7-11-3-1-2-4-14(11)22-13/h1-4,7,12,20-21H,5-6,8-10H2/t12-/m0/s1. The maximum absolute atomic E-state index is 12.4. The molecule has 0 unspecified atom stereocenters. The van der Waals surface area contributed by atoms with E-state index in [1.807, 2.05) is 30.3 Å². The molecule has 2 N–H and O–H groups in total. The van der Waals surface area contributed by atoms with Crippen LogP contribution in [-0.4, -0.2) is 47.1 Å².